The number of amides is 1. The van der Waals surface area contributed by atoms with Crippen LogP contribution in [-0.2, 0) is 9.84 Å². The smallest absolute Gasteiger partial charge is 0.341 e. The van der Waals surface area contributed by atoms with Gasteiger partial charge in [-0.25, -0.2) is 8.42 Å². The third-order valence-electron chi connectivity index (χ3n) is 0.554. The summed E-state index contributed by atoms with van der Waals surface area (Å²) >= 11 is 0. The third kappa shape index (κ3) is 1.39. The van der Waals surface area contributed by atoms with Crippen LogP contribution in [0.4, 0.5) is 4.79 Å². The quantitative estimate of drug-likeness (QED) is 0.283. The molecule has 0 spiro atoms. The van der Waals surface area contributed by atoms with E-state index in [2.05, 4.69) is 11.5 Å². The van der Waals surface area contributed by atoms with Crippen LogP contribution in [0.3, 0.4) is 0 Å². The zero-order valence-electron chi connectivity index (χ0n) is 4.29. The molecular formula is C2H5N3O3S. The van der Waals surface area contributed by atoms with Crippen LogP contribution in [-0.4, -0.2) is 18.8 Å². The van der Waals surface area contributed by atoms with Crippen molar-refractivity contribution in [2.24, 2.45) is 11.5 Å². The minimum Gasteiger partial charge on any atom is -0.374 e. The molecular weight excluding hydrogens is 146 g/mol. The summed E-state index contributed by atoms with van der Waals surface area (Å²) in [7, 11) is -4.31. The minimum atomic E-state index is -4.31. The lowest BCUT2D eigenvalue weighted by Gasteiger charge is -1.91. The number of primary amides is 1. The fraction of sp³-hybridized carbons (Fsp3) is 0. The Bertz CT molecular complexity index is 220. The molecule has 0 aliphatic heterocycles. The van der Waals surface area contributed by atoms with Gasteiger partial charge < -0.3 is 11.5 Å². The van der Waals surface area contributed by atoms with E-state index in [1.807, 2.05) is 0 Å². The fourth-order valence-electron chi connectivity index (χ4n) is 0.108. The monoisotopic (exact) mass is 151 g/mol. The lowest BCUT2D eigenvalue weighted by atomic mass is 11.4. The van der Waals surface area contributed by atoms with Crippen LogP contribution in [0.5, 0.6) is 0 Å². The van der Waals surface area contributed by atoms with Crippen LogP contribution < -0.4 is 11.5 Å². The molecule has 0 aromatic heterocycles. The molecule has 0 atom stereocenters. The fourth-order valence-corrected chi connectivity index (χ4v) is 0.325. The molecule has 0 bridgehead atoms. The van der Waals surface area contributed by atoms with Crippen molar-refractivity contribution in [3.8, 4) is 0 Å². The number of sulfone groups is 1. The van der Waals surface area contributed by atoms with Crippen LogP contribution >= 0.6 is 0 Å². The van der Waals surface area contributed by atoms with Crippen molar-refractivity contribution in [1.82, 2.24) is 0 Å². The second-order valence-electron chi connectivity index (χ2n) is 1.19. The van der Waals surface area contributed by atoms with Gasteiger partial charge in [0.2, 0.25) is 5.17 Å². The molecule has 5 N–H and O–H groups in total. The van der Waals surface area contributed by atoms with E-state index in [0.717, 1.165) is 0 Å². The summed E-state index contributed by atoms with van der Waals surface area (Å²) in [5.74, 6) is 0. The van der Waals surface area contributed by atoms with E-state index in [1.165, 1.54) is 0 Å². The number of amidine groups is 1. The summed E-state index contributed by atoms with van der Waals surface area (Å²) in [6.07, 6.45) is 0. The highest BCUT2D eigenvalue weighted by molar-refractivity contribution is 8.18. The van der Waals surface area contributed by atoms with E-state index in [-0.39, 0.29) is 0 Å². The number of carbonyl (C=O) groups is 1. The maximum absolute atomic E-state index is 10.2. The average Bonchev–Trinajstić information content (AvgIpc) is 1.65. The van der Waals surface area contributed by atoms with Crippen LogP contribution in [0, 0.1) is 5.41 Å². The normalized spacial score (nSPS) is 10.7. The molecule has 52 valence electrons. The Kier molecular flexibility index (Phi) is 1.77. The predicted molar refractivity (Wildman–Crippen MR) is 30.4 cm³/mol. The molecule has 0 aromatic rings. The Morgan fingerprint density at radius 3 is 1.67 bits per heavy atom. The number of carbonyl (C=O) groups excluding carboxylic acids is 1. The summed E-state index contributed by atoms with van der Waals surface area (Å²) in [6, 6.07) is 0. The molecule has 1 amide bonds. The zero-order valence-corrected chi connectivity index (χ0v) is 5.10. The summed E-state index contributed by atoms with van der Waals surface area (Å²) in [6.45, 7) is 0. The molecule has 6 nitrogen and oxygen atoms in total. The maximum atomic E-state index is 10.2. The number of rotatable bonds is 0. The first kappa shape index (κ1) is 7.89. The Morgan fingerprint density at radius 1 is 1.33 bits per heavy atom. The largest absolute Gasteiger partial charge is 0.374 e. The number of hydrogen-bond donors (Lipinski definition) is 3. The molecule has 9 heavy (non-hydrogen) atoms. The summed E-state index contributed by atoms with van der Waals surface area (Å²) in [5.41, 5.74) is 8.79. The van der Waals surface area contributed by atoms with Crippen molar-refractivity contribution in [3.63, 3.8) is 0 Å². The standard InChI is InChI=1S/C2H5N3O3S/c3-1(4)9(7,8)2(5)6/h(H3,3,4)(H2,5,6). The molecule has 0 aliphatic rings. The third-order valence-corrected chi connectivity index (χ3v) is 1.66. The molecule has 0 unspecified atom stereocenters. The minimum absolute atomic E-state index is 1.23. The number of hydrogen-bond acceptors (Lipinski definition) is 4. The highest BCUT2D eigenvalue weighted by atomic mass is 32.2. The molecule has 0 heterocycles. The summed E-state index contributed by atoms with van der Waals surface area (Å²) in [5, 5.41) is 3.49. The summed E-state index contributed by atoms with van der Waals surface area (Å²) < 4.78 is 20.4. The summed E-state index contributed by atoms with van der Waals surface area (Å²) in [4.78, 5) is 9.88. The molecule has 0 radical (unpaired) electrons. The van der Waals surface area contributed by atoms with Crippen LogP contribution in [0.15, 0.2) is 0 Å². The van der Waals surface area contributed by atoms with Crippen molar-refractivity contribution in [2.45, 2.75) is 0 Å². The Morgan fingerprint density at radius 2 is 1.67 bits per heavy atom. The van der Waals surface area contributed by atoms with Crippen LogP contribution in [0.25, 0.3) is 0 Å². The van der Waals surface area contributed by atoms with Gasteiger partial charge in [0.1, 0.15) is 0 Å². The van der Waals surface area contributed by atoms with Crippen molar-refractivity contribution >= 4 is 20.2 Å². The van der Waals surface area contributed by atoms with Crippen LogP contribution in [0.2, 0.25) is 0 Å². The van der Waals surface area contributed by atoms with E-state index in [0.29, 0.717) is 0 Å². The maximum Gasteiger partial charge on any atom is 0.341 e. The van der Waals surface area contributed by atoms with E-state index in [4.69, 9.17) is 5.41 Å². The van der Waals surface area contributed by atoms with Crippen molar-refractivity contribution in [2.75, 3.05) is 0 Å². The van der Waals surface area contributed by atoms with E-state index in [9.17, 15) is 13.2 Å². The van der Waals surface area contributed by atoms with E-state index in [1.54, 1.807) is 0 Å². The molecule has 7 heteroatoms. The first-order chi connectivity index (χ1) is 3.89. The van der Waals surface area contributed by atoms with Gasteiger partial charge in [0, 0.05) is 0 Å². The molecule has 0 rings (SSSR count). The van der Waals surface area contributed by atoms with E-state index < -0.39 is 20.2 Å². The lowest BCUT2D eigenvalue weighted by molar-refractivity contribution is 0.265. The van der Waals surface area contributed by atoms with Crippen molar-refractivity contribution in [3.05, 3.63) is 0 Å². The highest BCUT2D eigenvalue weighted by Gasteiger charge is 2.21. The predicted octanol–water partition coefficient (Wildman–Crippen LogP) is -1.63. The van der Waals surface area contributed by atoms with Gasteiger partial charge >= 0.3 is 5.24 Å². The van der Waals surface area contributed by atoms with Crippen molar-refractivity contribution in [1.29, 1.82) is 5.41 Å². The topological polar surface area (TPSA) is 127 Å². The van der Waals surface area contributed by atoms with E-state index >= 15 is 0 Å². The number of nitrogens with two attached hydrogens (primary N) is 2. The lowest BCUT2D eigenvalue weighted by Crippen LogP contribution is -2.33. The molecule has 0 fully saturated rings. The first-order valence-electron chi connectivity index (χ1n) is 1.77. The average molecular weight is 151 g/mol. The van der Waals surface area contributed by atoms with Crippen LogP contribution in [0.1, 0.15) is 0 Å². The second-order valence-corrected chi connectivity index (χ2v) is 3.04. The van der Waals surface area contributed by atoms with Gasteiger partial charge in [0.15, 0.2) is 0 Å². The Balaban J connectivity index is 4.87. The second kappa shape index (κ2) is 2.02. The first-order valence-corrected chi connectivity index (χ1v) is 3.26. The Labute approximate surface area is 51.3 Å². The highest BCUT2D eigenvalue weighted by Crippen LogP contribution is 1.85. The molecule has 0 saturated heterocycles. The molecule has 0 aliphatic carbocycles. The Hall–Kier alpha value is -1.11. The SMILES string of the molecule is N=C(N)S(=O)(=O)C(N)=O. The van der Waals surface area contributed by atoms with Gasteiger partial charge in [-0.3, -0.25) is 10.2 Å². The van der Waals surface area contributed by atoms with Gasteiger partial charge in [-0.2, -0.15) is 0 Å². The van der Waals surface area contributed by atoms with Gasteiger partial charge in [0.25, 0.3) is 9.84 Å². The van der Waals surface area contributed by atoms with Gasteiger partial charge in [-0.05, 0) is 0 Å². The molecule has 0 aromatic carbocycles. The van der Waals surface area contributed by atoms with Gasteiger partial charge in [0.05, 0.1) is 0 Å². The zero-order chi connectivity index (χ0) is 7.65. The van der Waals surface area contributed by atoms with Gasteiger partial charge in [-0.15, -0.1) is 0 Å². The number of nitrogens with one attached hydrogen (secondary N) is 1. The molecule has 0 saturated carbocycles. The van der Waals surface area contributed by atoms with Crippen molar-refractivity contribution < 1.29 is 13.2 Å². The van der Waals surface area contributed by atoms with Gasteiger partial charge in [-0.1, -0.05) is 0 Å².